The zero-order chi connectivity index (χ0) is 19.3. The third kappa shape index (κ3) is 4.95. The molecule has 2 N–H and O–H groups in total. The Morgan fingerprint density at radius 2 is 2.07 bits per heavy atom. The quantitative estimate of drug-likeness (QED) is 0.546. The Labute approximate surface area is 171 Å². The second kappa shape index (κ2) is 9.26. The van der Waals surface area contributed by atoms with Crippen molar-refractivity contribution in [1.82, 2.24) is 15.5 Å². The Balaban J connectivity index is 1.54. The van der Waals surface area contributed by atoms with Crippen LogP contribution in [-0.4, -0.2) is 76.4 Å². The number of rotatable bonds is 5. The number of nitrogens with zero attached hydrogens (tertiary/aromatic N) is 3. The highest BCUT2D eigenvalue weighted by Gasteiger charge is 2.35. The highest BCUT2D eigenvalue weighted by molar-refractivity contribution is 9.10. The predicted octanol–water partition coefficient (Wildman–Crippen LogP) is 2.30. The molecular formula is C20H32BrN5O. The molecule has 150 valence electrons. The van der Waals surface area contributed by atoms with Crippen LogP contribution < -0.4 is 15.5 Å². The summed E-state index contributed by atoms with van der Waals surface area (Å²) in [5, 5.41) is 7.18. The number of halogens is 1. The van der Waals surface area contributed by atoms with Gasteiger partial charge in [0.05, 0.1) is 5.69 Å². The van der Waals surface area contributed by atoms with E-state index in [1.807, 2.05) is 7.05 Å². The van der Waals surface area contributed by atoms with Gasteiger partial charge in [0.25, 0.3) is 0 Å². The summed E-state index contributed by atoms with van der Waals surface area (Å²) >= 11 is 3.67. The molecule has 0 radical (unpaired) electrons. The smallest absolute Gasteiger partial charge is 0.191 e. The lowest BCUT2D eigenvalue weighted by molar-refractivity contribution is -0.00502. The number of likely N-dealkylation sites (N-methyl/N-ethyl adjacent to an activating group) is 1. The van der Waals surface area contributed by atoms with E-state index in [1.165, 1.54) is 5.69 Å². The van der Waals surface area contributed by atoms with E-state index in [0.717, 1.165) is 62.5 Å². The maximum Gasteiger partial charge on any atom is 0.191 e. The van der Waals surface area contributed by atoms with Crippen molar-refractivity contribution in [3.63, 3.8) is 0 Å². The average molecular weight is 438 g/mol. The normalized spacial score (nSPS) is 22.9. The molecule has 1 aromatic carbocycles. The van der Waals surface area contributed by atoms with Gasteiger partial charge in [0.2, 0.25) is 0 Å². The number of hydrogen-bond acceptors (Lipinski definition) is 4. The highest BCUT2D eigenvalue weighted by Crippen LogP contribution is 2.28. The fraction of sp³-hybridized carbons (Fsp3) is 0.650. The van der Waals surface area contributed by atoms with E-state index < -0.39 is 0 Å². The molecule has 0 saturated carbocycles. The minimum Gasteiger partial charge on any atom is -0.381 e. The fourth-order valence-corrected chi connectivity index (χ4v) is 4.51. The average Bonchev–Trinajstić information content (AvgIpc) is 3.14. The first kappa shape index (κ1) is 20.4. The molecule has 27 heavy (non-hydrogen) atoms. The van der Waals surface area contributed by atoms with Crippen LogP contribution in [-0.2, 0) is 4.74 Å². The van der Waals surface area contributed by atoms with Gasteiger partial charge in [-0.15, -0.1) is 0 Å². The lowest BCUT2D eigenvalue weighted by Crippen LogP contribution is -2.57. The molecule has 7 heteroatoms. The monoisotopic (exact) mass is 437 g/mol. The summed E-state index contributed by atoms with van der Waals surface area (Å²) < 4.78 is 6.72. The zero-order valence-electron chi connectivity index (χ0n) is 16.7. The van der Waals surface area contributed by atoms with Crippen LogP contribution in [0, 0.1) is 0 Å². The van der Waals surface area contributed by atoms with Crippen molar-refractivity contribution in [3.05, 3.63) is 28.7 Å². The number of guanidine groups is 1. The Hall–Kier alpha value is -1.31. The SMILES string of the molecule is CN=C(NCC1(N(C)C)CCOCC1)NC1CCN(c2ccccc2Br)C1. The van der Waals surface area contributed by atoms with Gasteiger partial charge in [0, 0.05) is 55.9 Å². The fourth-order valence-electron chi connectivity index (χ4n) is 3.97. The van der Waals surface area contributed by atoms with Crippen molar-refractivity contribution >= 4 is 27.6 Å². The van der Waals surface area contributed by atoms with Crippen LogP contribution in [0.3, 0.4) is 0 Å². The molecule has 2 aliphatic heterocycles. The van der Waals surface area contributed by atoms with Crippen molar-refractivity contribution in [2.24, 2.45) is 4.99 Å². The number of aliphatic imine (C=N–C) groups is 1. The van der Waals surface area contributed by atoms with Gasteiger partial charge in [-0.05, 0) is 61.4 Å². The van der Waals surface area contributed by atoms with Gasteiger partial charge in [-0.1, -0.05) is 12.1 Å². The standard InChI is InChI=1S/C20H32BrN5O/c1-22-19(23-15-20(25(2)3)9-12-27-13-10-20)24-16-8-11-26(14-16)18-7-5-4-6-17(18)21/h4-7,16H,8-15H2,1-3H3,(H2,22,23,24). The summed E-state index contributed by atoms with van der Waals surface area (Å²) in [5.74, 6) is 0.890. The molecule has 1 aromatic rings. The number of para-hydroxylation sites is 1. The topological polar surface area (TPSA) is 52.1 Å². The first-order valence-corrected chi connectivity index (χ1v) is 10.6. The van der Waals surface area contributed by atoms with Crippen LogP contribution >= 0.6 is 15.9 Å². The minimum atomic E-state index is 0.131. The molecule has 0 aliphatic carbocycles. The van der Waals surface area contributed by atoms with Crippen LogP contribution in [0.25, 0.3) is 0 Å². The molecule has 0 aromatic heterocycles. The van der Waals surface area contributed by atoms with Gasteiger partial charge in [-0.25, -0.2) is 0 Å². The van der Waals surface area contributed by atoms with E-state index in [4.69, 9.17) is 4.74 Å². The zero-order valence-corrected chi connectivity index (χ0v) is 18.3. The van der Waals surface area contributed by atoms with E-state index >= 15 is 0 Å². The Morgan fingerprint density at radius 3 is 2.74 bits per heavy atom. The maximum absolute atomic E-state index is 5.57. The number of nitrogens with one attached hydrogen (secondary N) is 2. The number of anilines is 1. The molecule has 2 aliphatic rings. The number of ether oxygens (including phenoxy) is 1. The summed E-state index contributed by atoms with van der Waals surface area (Å²) in [5.41, 5.74) is 1.39. The van der Waals surface area contributed by atoms with Gasteiger partial charge in [-0.3, -0.25) is 4.99 Å². The first-order chi connectivity index (χ1) is 13.0. The molecule has 0 spiro atoms. The molecule has 2 heterocycles. The summed E-state index contributed by atoms with van der Waals surface area (Å²) in [6.45, 7) is 4.57. The largest absolute Gasteiger partial charge is 0.381 e. The van der Waals surface area contributed by atoms with Crippen LogP contribution in [0.2, 0.25) is 0 Å². The molecule has 1 atom stereocenters. The molecule has 6 nitrogen and oxygen atoms in total. The Morgan fingerprint density at radius 1 is 1.33 bits per heavy atom. The predicted molar refractivity (Wildman–Crippen MR) is 116 cm³/mol. The summed E-state index contributed by atoms with van der Waals surface area (Å²) in [6, 6.07) is 8.82. The number of benzene rings is 1. The van der Waals surface area contributed by atoms with Gasteiger partial charge >= 0.3 is 0 Å². The second-order valence-electron chi connectivity index (χ2n) is 7.68. The lowest BCUT2D eigenvalue weighted by Gasteiger charge is -2.43. The van der Waals surface area contributed by atoms with Crippen molar-refractivity contribution in [2.75, 3.05) is 58.9 Å². The Bertz CT molecular complexity index is 645. The lowest BCUT2D eigenvalue weighted by atomic mass is 9.88. The molecule has 2 fully saturated rings. The number of hydrogen-bond donors (Lipinski definition) is 2. The van der Waals surface area contributed by atoms with Crippen molar-refractivity contribution in [2.45, 2.75) is 30.8 Å². The van der Waals surface area contributed by atoms with E-state index in [-0.39, 0.29) is 5.54 Å². The van der Waals surface area contributed by atoms with E-state index in [9.17, 15) is 0 Å². The Kier molecular flexibility index (Phi) is 7.00. The van der Waals surface area contributed by atoms with Crippen LogP contribution in [0.5, 0.6) is 0 Å². The van der Waals surface area contributed by atoms with Crippen molar-refractivity contribution in [3.8, 4) is 0 Å². The van der Waals surface area contributed by atoms with Crippen LogP contribution in [0.15, 0.2) is 33.7 Å². The van der Waals surface area contributed by atoms with Crippen LogP contribution in [0.1, 0.15) is 19.3 Å². The van der Waals surface area contributed by atoms with Gasteiger partial charge in [0.15, 0.2) is 5.96 Å². The van der Waals surface area contributed by atoms with Gasteiger partial charge < -0.3 is 25.2 Å². The summed E-state index contributed by atoms with van der Waals surface area (Å²) in [4.78, 5) is 9.22. The first-order valence-electron chi connectivity index (χ1n) is 9.76. The van der Waals surface area contributed by atoms with Crippen molar-refractivity contribution in [1.29, 1.82) is 0 Å². The molecular weight excluding hydrogens is 406 g/mol. The molecule has 1 unspecified atom stereocenters. The molecule has 3 rings (SSSR count). The third-order valence-corrected chi connectivity index (χ3v) is 6.57. The third-order valence-electron chi connectivity index (χ3n) is 5.90. The van der Waals surface area contributed by atoms with E-state index in [2.05, 4.69) is 79.7 Å². The maximum atomic E-state index is 5.57. The molecule has 0 bridgehead atoms. The highest BCUT2D eigenvalue weighted by atomic mass is 79.9. The van der Waals surface area contributed by atoms with E-state index in [0.29, 0.717) is 6.04 Å². The van der Waals surface area contributed by atoms with Gasteiger partial charge in [0.1, 0.15) is 0 Å². The molecule has 0 amide bonds. The second-order valence-corrected chi connectivity index (χ2v) is 8.54. The van der Waals surface area contributed by atoms with Gasteiger partial charge in [-0.2, -0.15) is 0 Å². The molecule has 2 saturated heterocycles. The summed E-state index contributed by atoms with van der Waals surface area (Å²) in [6.07, 6.45) is 3.20. The minimum absolute atomic E-state index is 0.131. The van der Waals surface area contributed by atoms with Crippen LogP contribution in [0.4, 0.5) is 5.69 Å². The van der Waals surface area contributed by atoms with E-state index in [1.54, 1.807) is 0 Å². The van der Waals surface area contributed by atoms with Crippen molar-refractivity contribution < 1.29 is 4.74 Å². The summed E-state index contributed by atoms with van der Waals surface area (Å²) in [7, 11) is 6.17.